The van der Waals surface area contributed by atoms with Gasteiger partial charge in [0.05, 0.1) is 17.4 Å². The van der Waals surface area contributed by atoms with Gasteiger partial charge in [-0.05, 0) is 17.7 Å². The number of halogens is 4. The van der Waals surface area contributed by atoms with E-state index in [-0.39, 0.29) is 5.56 Å². The molecule has 0 aliphatic carbocycles. The van der Waals surface area contributed by atoms with E-state index in [1.807, 2.05) is 0 Å². The summed E-state index contributed by atoms with van der Waals surface area (Å²) in [5, 5.41) is 0. The van der Waals surface area contributed by atoms with Crippen LogP contribution in [0.4, 0.5) is 17.6 Å². The highest BCUT2D eigenvalue weighted by molar-refractivity contribution is 7.90. The Hall–Kier alpha value is -1.19. The molecule has 1 rings (SSSR count). The molecule has 1 atom stereocenters. The van der Waals surface area contributed by atoms with Crippen LogP contribution in [0.5, 0.6) is 0 Å². The standard InChI is InChI=1S/C10H12F4N2O2S/c1-19(17,18)5-9(16-15)6-2-3-7(8(11)4-6)10(12,13)14/h2-4,9,16H,5,15H2,1H3. The van der Waals surface area contributed by atoms with Crippen molar-refractivity contribution in [3.05, 3.63) is 35.1 Å². The molecular formula is C10H12F4N2O2S. The molecule has 0 fully saturated rings. The molecule has 0 radical (unpaired) electrons. The van der Waals surface area contributed by atoms with Gasteiger partial charge in [-0.2, -0.15) is 13.2 Å². The van der Waals surface area contributed by atoms with Crippen LogP contribution in [0.15, 0.2) is 18.2 Å². The van der Waals surface area contributed by atoms with Crippen molar-refractivity contribution in [1.82, 2.24) is 5.43 Å². The van der Waals surface area contributed by atoms with Crippen LogP contribution in [0.2, 0.25) is 0 Å². The predicted octanol–water partition coefficient (Wildman–Crippen LogP) is 1.39. The summed E-state index contributed by atoms with van der Waals surface area (Å²) in [4.78, 5) is 0. The molecule has 0 saturated carbocycles. The smallest absolute Gasteiger partial charge is 0.271 e. The molecule has 1 aromatic carbocycles. The summed E-state index contributed by atoms with van der Waals surface area (Å²) in [6, 6.07) is 1.18. The maximum Gasteiger partial charge on any atom is 0.419 e. The number of rotatable bonds is 4. The summed E-state index contributed by atoms with van der Waals surface area (Å²) in [7, 11) is -3.42. The van der Waals surface area contributed by atoms with Gasteiger partial charge in [0.15, 0.2) is 0 Å². The highest BCUT2D eigenvalue weighted by Gasteiger charge is 2.34. The zero-order valence-corrected chi connectivity index (χ0v) is 10.6. The normalized spacial score (nSPS) is 14.4. The van der Waals surface area contributed by atoms with E-state index >= 15 is 0 Å². The molecule has 0 spiro atoms. The first kappa shape index (κ1) is 15.9. The van der Waals surface area contributed by atoms with Crippen molar-refractivity contribution in [3.63, 3.8) is 0 Å². The van der Waals surface area contributed by atoms with Crippen LogP contribution in [-0.4, -0.2) is 20.4 Å². The Balaban J connectivity index is 3.12. The summed E-state index contributed by atoms with van der Waals surface area (Å²) >= 11 is 0. The summed E-state index contributed by atoms with van der Waals surface area (Å²) in [6.45, 7) is 0. The Bertz CT molecular complexity index is 557. The van der Waals surface area contributed by atoms with Crippen molar-refractivity contribution in [2.75, 3.05) is 12.0 Å². The van der Waals surface area contributed by atoms with E-state index in [0.29, 0.717) is 12.1 Å². The first-order valence-electron chi connectivity index (χ1n) is 5.05. The van der Waals surface area contributed by atoms with Crippen LogP contribution < -0.4 is 11.3 Å². The van der Waals surface area contributed by atoms with Crippen molar-refractivity contribution in [3.8, 4) is 0 Å². The average Bonchev–Trinajstić information content (AvgIpc) is 2.22. The molecule has 0 aliphatic heterocycles. The number of sulfone groups is 1. The third kappa shape index (κ3) is 4.44. The summed E-state index contributed by atoms with van der Waals surface area (Å²) in [5.74, 6) is 3.20. The van der Waals surface area contributed by atoms with Gasteiger partial charge < -0.3 is 0 Å². The van der Waals surface area contributed by atoms with Gasteiger partial charge >= 0.3 is 6.18 Å². The predicted molar refractivity (Wildman–Crippen MR) is 61.2 cm³/mol. The quantitative estimate of drug-likeness (QED) is 0.501. The Morgan fingerprint density at radius 2 is 1.95 bits per heavy atom. The number of hydrogen-bond donors (Lipinski definition) is 2. The second-order valence-electron chi connectivity index (χ2n) is 4.05. The summed E-state index contributed by atoms with van der Waals surface area (Å²) < 4.78 is 72.6. The van der Waals surface area contributed by atoms with Crippen LogP contribution in [0.25, 0.3) is 0 Å². The Labute approximate surface area is 107 Å². The molecule has 0 amide bonds. The molecule has 0 aliphatic rings. The van der Waals surface area contributed by atoms with Crippen LogP contribution in [0, 0.1) is 5.82 Å². The van der Waals surface area contributed by atoms with E-state index in [1.54, 1.807) is 0 Å². The molecule has 9 heteroatoms. The van der Waals surface area contributed by atoms with E-state index in [2.05, 4.69) is 5.43 Å². The molecule has 1 aromatic rings. The number of alkyl halides is 3. The van der Waals surface area contributed by atoms with Gasteiger partial charge in [0.2, 0.25) is 0 Å². The third-order valence-corrected chi connectivity index (χ3v) is 3.31. The number of nitrogens with one attached hydrogen (secondary N) is 1. The third-order valence-electron chi connectivity index (χ3n) is 2.37. The van der Waals surface area contributed by atoms with E-state index in [0.717, 1.165) is 12.3 Å². The number of benzene rings is 1. The zero-order chi connectivity index (χ0) is 14.8. The summed E-state index contributed by atoms with van der Waals surface area (Å²) in [5.41, 5.74) is 0.749. The van der Waals surface area contributed by atoms with Gasteiger partial charge in [0, 0.05) is 6.26 Å². The fraction of sp³-hybridized carbons (Fsp3) is 0.400. The largest absolute Gasteiger partial charge is 0.419 e. The lowest BCUT2D eigenvalue weighted by atomic mass is 10.1. The molecule has 4 nitrogen and oxygen atoms in total. The van der Waals surface area contributed by atoms with Crippen LogP contribution in [0.3, 0.4) is 0 Å². The highest BCUT2D eigenvalue weighted by atomic mass is 32.2. The van der Waals surface area contributed by atoms with Gasteiger partial charge in [0.25, 0.3) is 0 Å². The number of hydrogen-bond acceptors (Lipinski definition) is 4. The minimum atomic E-state index is -4.80. The monoisotopic (exact) mass is 300 g/mol. The van der Waals surface area contributed by atoms with Crippen molar-refractivity contribution < 1.29 is 26.0 Å². The highest BCUT2D eigenvalue weighted by Crippen LogP contribution is 2.32. The van der Waals surface area contributed by atoms with Crippen molar-refractivity contribution >= 4 is 9.84 Å². The second-order valence-corrected chi connectivity index (χ2v) is 6.23. The first-order chi connectivity index (χ1) is 8.54. The number of nitrogens with two attached hydrogens (primary N) is 1. The molecule has 0 heterocycles. The van der Waals surface area contributed by atoms with Crippen molar-refractivity contribution in [1.29, 1.82) is 0 Å². The van der Waals surface area contributed by atoms with E-state index in [4.69, 9.17) is 5.84 Å². The molecule has 0 aromatic heterocycles. The maximum atomic E-state index is 13.3. The van der Waals surface area contributed by atoms with E-state index in [9.17, 15) is 26.0 Å². The van der Waals surface area contributed by atoms with Gasteiger partial charge in [-0.1, -0.05) is 6.07 Å². The molecule has 108 valence electrons. The van der Waals surface area contributed by atoms with Crippen LogP contribution in [-0.2, 0) is 16.0 Å². The molecule has 19 heavy (non-hydrogen) atoms. The molecule has 1 unspecified atom stereocenters. The Morgan fingerprint density at radius 1 is 1.37 bits per heavy atom. The fourth-order valence-electron chi connectivity index (χ4n) is 1.52. The van der Waals surface area contributed by atoms with Crippen molar-refractivity contribution in [2.24, 2.45) is 5.84 Å². The number of hydrazine groups is 1. The van der Waals surface area contributed by atoms with E-state index < -0.39 is 39.2 Å². The van der Waals surface area contributed by atoms with Crippen molar-refractivity contribution in [2.45, 2.75) is 12.2 Å². The molecule has 0 bridgehead atoms. The van der Waals surface area contributed by atoms with Gasteiger partial charge in [0.1, 0.15) is 15.7 Å². The molecule has 0 saturated heterocycles. The lowest BCUT2D eigenvalue weighted by Gasteiger charge is -2.16. The molecular weight excluding hydrogens is 288 g/mol. The maximum absolute atomic E-state index is 13.3. The van der Waals surface area contributed by atoms with Gasteiger partial charge in [-0.15, -0.1) is 0 Å². The van der Waals surface area contributed by atoms with E-state index in [1.165, 1.54) is 0 Å². The SMILES string of the molecule is CS(=O)(=O)CC(NN)c1ccc(C(F)(F)F)c(F)c1. The first-order valence-corrected chi connectivity index (χ1v) is 7.11. The van der Waals surface area contributed by atoms with Gasteiger partial charge in [-0.3, -0.25) is 11.3 Å². The Morgan fingerprint density at radius 3 is 2.32 bits per heavy atom. The average molecular weight is 300 g/mol. The summed E-state index contributed by atoms with van der Waals surface area (Å²) in [6.07, 6.45) is -3.86. The fourth-order valence-corrected chi connectivity index (χ4v) is 2.42. The lowest BCUT2D eigenvalue weighted by molar-refractivity contribution is -0.140. The zero-order valence-electron chi connectivity index (χ0n) is 9.83. The minimum Gasteiger partial charge on any atom is -0.271 e. The molecule has 3 N–H and O–H groups in total. The topological polar surface area (TPSA) is 72.2 Å². The second kappa shape index (κ2) is 5.43. The lowest BCUT2D eigenvalue weighted by Crippen LogP contribution is -2.33. The van der Waals surface area contributed by atoms with Crippen LogP contribution >= 0.6 is 0 Å². The minimum absolute atomic E-state index is 0.0263. The van der Waals surface area contributed by atoms with Crippen LogP contribution in [0.1, 0.15) is 17.2 Å². The Kier molecular flexibility index (Phi) is 4.54. The van der Waals surface area contributed by atoms with Gasteiger partial charge in [-0.25, -0.2) is 12.8 Å².